The number of nitrogens with one attached hydrogen (secondary N) is 1. The number of carbonyl (C=O) groups excluding carboxylic acids is 2. The van der Waals surface area contributed by atoms with Crippen LogP contribution in [0.15, 0.2) is 66.4 Å². The largest absolute Gasteiger partial charge is 0.494 e. The number of esters is 1. The minimum atomic E-state index is -0.617. The predicted octanol–water partition coefficient (Wildman–Crippen LogP) is 3.44. The Morgan fingerprint density at radius 3 is 2.29 bits per heavy atom. The molecule has 0 atom stereocenters. The average Bonchev–Trinajstić information content (AvgIpc) is 2.63. The molecule has 24 heavy (non-hydrogen) atoms. The van der Waals surface area contributed by atoms with Gasteiger partial charge in [0.2, 0.25) is 0 Å². The Morgan fingerprint density at radius 1 is 1.04 bits per heavy atom. The van der Waals surface area contributed by atoms with Crippen LogP contribution >= 0.6 is 0 Å². The number of ketones is 1. The Hall–Kier alpha value is -3.08. The van der Waals surface area contributed by atoms with E-state index in [4.69, 9.17) is 9.47 Å². The Kier molecular flexibility index (Phi) is 6.14. The molecule has 0 aliphatic rings. The van der Waals surface area contributed by atoms with Crippen molar-refractivity contribution in [2.24, 2.45) is 0 Å². The van der Waals surface area contributed by atoms with Crippen molar-refractivity contribution in [1.82, 2.24) is 0 Å². The Bertz CT molecular complexity index is 721. The molecule has 1 N–H and O–H groups in total. The van der Waals surface area contributed by atoms with Crippen LogP contribution in [0, 0.1) is 0 Å². The van der Waals surface area contributed by atoms with Crippen molar-refractivity contribution in [3.05, 3.63) is 71.9 Å². The van der Waals surface area contributed by atoms with Gasteiger partial charge >= 0.3 is 5.97 Å². The van der Waals surface area contributed by atoms with Gasteiger partial charge in [0.15, 0.2) is 5.78 Å². The van der Waals surface area contributed by atoms with E-state index in [0.717, 1.165) is 5.75 Å². The predicted molar refractivity (Wildman–Crippen MR) is 92.1 cm³/mol. The summed E-state index contributed by atoms with van der Waals surface area (Å²) in [7, 11) is 1.27. The number of hydrogen-bond acceptors (Lipinski definition) is 5. The highest BCUT2D eigenvalue weighted by Gasteiger charge is 2.13. The fourth-order valence-corrected chi connectivity index (χ4v) is 2.03. The van der Waals surface area contributed by atoms with Crippen molar-refractivity contribution >= 4 is 17.4 Å². The van der Waals surface area contributed by atoms with Crippen molar-refractivity contribution in [2.45, 2.75) is 6.92 Å². The van der Waals surface area contributed by atoms with Crippen molar-refractivity contribution in [3.63, 3.8) is 0 Å². The molecule has 0 aliphatic heterocycles. The van der Waals surface area contributed by atoms with Gasteiger partial charge in [-0.25, -0.2) is 4.79 Å². The molecule has 2 aromatic carbocycles. The van der Waals surface area contributed by atoms with E-state index in [1.165, 1.54) is 13.2 Å². The zero-order chi connectivity index (χ0) is 17.4. The van der Waals surface area contributed by atoms with Gasteiger partial charge in [0.25, 0.3) is 0 Å². The maximum absolute atomic E-state index is 12.3. The molecule has 0 heterocycles. The Labute approximate surface area is 140 Å². The second-order valence-corrected chi connectivity index (χ2v) is 4.86. The summed E-state index contributed by atoms with van der Waals surface area (Å²) in [4.78, 5) is 24.2. The van der Waals surface area contributed by atoms with Gasteiger partial charge in [0.1, 0.15) is 11.4 Å². The zero-order valence-corrected chi connectivity index (χ0v) is 13.6. The summed E-state index contributed by atoms with van der Waals surface area (Å²) in [5, 5.41) is 2.91. The number of ether oxygens (including phenoxy) is 2. The summed E-state index contributed by atoms with van der Waals surface area (Å²) in [6.45, 7) is 2.48. The number of hydrogen-bond donors (Lipinski definition) is 1. The van der Waals surface area contributed by atoms with Gasteiger partial charge in [-0.1, -0.05) is 30.3 Å². The maximum Gasteiger partial charge on any atom is 0.354 e. The highest BCUT2D eigenvalue weighted by Crippen LogP contribution is 2.18. The number of benzene rings is 2. The SMILES string of the molecule is CCOc1ccc(NC(=CC(=O)c2ccccc2)C(=O)OC)cc1. The third-order valence-corrected chi connectivity index (χ3v) is 3.18. The van der Waals surface area contributed by atoms with E-state index in [0.29, 0.717) is 17.9 Å². The number of allylic oxidation sites excluding steroid dienone is 1. The van der Waals surface area contributed by atoms with Crippen LogP contribution in [0.5, 0.6) is 5.75 Å². The molecule has 124 valence electrons. The molecule has 0 amide bonds. The summed E-state index contributed by atoms with van der Waals surface area (Å²) in [6.07, 6.45) is 1.23. The monoisotopic (exact) mass is 325 g/mol. The average molecular weight is 325 g/mol. The van der Waals surface area contributed by atoms with Crippen LogP contribution in [0.1, 0.15) is 17.3 Å². The molecule has 0 spiro atoms. The number of rotatable bonds is 7. The lowest BCUT2D eigenvalue weighted by atomic mass is 10.1. The zero-order valence-electron chi connectivity index (χ0n) is 13.6. The molecule has 0 fully saturated rings. The fraction of sp³-hybridized carbons (Fsp3) is 0.158. The molecule has 0 saturated carbocycles. The van der Waals surface area contributed by atoms with Crippen LogP contribution in [0.3, 0.4) is 0 Å². The van der Waals surface area contributed by atoms with Gasteiger partial charge in [-0.2, -0.15) is 0 Å². The van der Waals surface area contributed by atoms with Crippen molar-refractivity contribution in [3.8, 4) is 5.75 Å². The van der Waals surface area contributed by atoms with Gasteiger partial charge in [-0.3, -0.25) is 4.79 Å². The Balaban J connectivity index is 2.20. The highest BCUT2D eigenvalue weighted by molar-refractivity contribution is 6.09. The first-order valence-corrected chi connectivity index (χ1v) is 7.53. The first-order valence-electron chi connectivity index (χ1n) is 7.53. The lowest BCUT2D eigenvalue weighted by Crippen LogP contribution is -2.15. The number of carbonyl (C=O) groups is 2. The fourth-order valence-electron chi connectivity index (χ4n) is 2.03. The molecule has 2 aromatic rings. The molecule has 0 unspecified atom stereocenters. The normalized spacial score (nSPS) is 10.8. The summed E-state index contributed by atoms with van der Waals surface area (Å²) in [5.74, 6) is -0.172. The first-order chi connectivity index (χ1) is 11.6. The van der Waals surface area contributed by atoms with Crippen LogP contribution < -0.4 is 10.1 Å². The lowest BCUT2D eigenvalue weighted by Gasteiger charge is -2.10. The van der Waals surface area contributed by atoms with E-state index in [9.17, 15) is 9.59 Å². The number of anilines is 1. The number of methoxy groups -OCH3 is 1. The standard InChI is InChI=1S/C19H19NO4/c1-3-24-16-11-9-15(10-12-16)20-17(19(22)23-2)13-18(21)14-7-5-4-6-8-14/h4-13,20H,3H2,1-2H3. The summed E-state index contributed by atoms with van der Waals surface area (Å²) in [5.41, 5.74) is 1.21. The van der Waals surface area contributed by atoms with E-state index in [-0.39, 0.29) is 11.5 Å². The molecular weight excluding hydrogens is 306 g/mol. The third-order valence-electron chi connectivity index (χ3n) is 3.18. The summed E-state index contributed by atoms with van der Waals surface area (Å²) >= 11 is 0. The van der Waals surface area contributed by atoms with E-state index in [1.54, 1.807) is 48.5 Å². The van der Waals surface area contributed by atoms with Crippen LogP contribution in [0.25, 0.3) is 0 Å². The van der Waals surface area contributed by atoms with Gasteiger partial charge in [0.05, 0.1) is 13.7 Å². The minimum Gasteiger partial charge on any atom is -0.494 e. The van der Waals surface area contributed by atoms with Crippen molar-refractivity contribution in [1.29, 1.82) is 0 Å². The van der Waals surface area contributed by atoms with E-state index < -0.39 is 5.97 Å². The molecule has 0 radical (unpaired) electrons. The molecule has 5 nitrogen and oxygen atoms in total. The van der Waals surface area contributed by atoms with Crippen molar-refractivity contribution in [2.75, 3.05) is 19.0 Å². The topological polar surface area (TPSA) is 64.6 Å². The van der Waals surface area contributed by atoms with Crippen LogP contribution in [0.4, 0.5) is 5.69 Å². The van der Waals surface area contributed by atoms with Gasteiger partial charge < -0.3 is 14.8 Å². The summed E-state index contributed by atoms with van der Waals surface area (Å²) < 4.78 is 10.1. The molecule has 0 aromatic heterocycles. The molecule has 2 rings (SSSR count). The van der Waals surface area contributed by atoms with Gasteiger partial charge in [0, 0.05) is 17.3 Å². The van der Waals surface area contributed by atoms with Crippen LogP contribution in [0.2, 0.25) is 0 Å². The highest BCUT2D eigenvalue weighted by atomic mass is 16.5. The first kappa shape index (κ1) is 17.3. The second kappa shape index (κ2) is 8.53. The molecule has 0 bridgehead atoms. The van der Waals surface area contributed by atoms with E-state index in [2.05, 4.69) is 5.32 Å². The van der Waals surface area contributed by atoms with Crippen LogP contribution in [-0.2, 0) is 9.53 Å². The molecular formula is C19H19NO4. The lowest BCUT2D eigenvalue weighted by molar-refractivity contribution is -0.135. The van der Waals surface area contributed by atoms with E-state index in [1.807, 2.05) is 13.0 Å². The third kappa shape index (κ3) is 4.71. The van der Waals surface area contributed by atoms with Crippen molar-refractivity contribution < 1.29 is 19.1 Å². The Morgan fingerprint density at radius 2 is 1.71 bits per heavy atom. The quantitative estimate of drug-likeness (QED) is 0.480. The van der Waals surface area contributed by atoms with E-state index >= 15 is 0 Å². The maximum atomic E-state index is 12.3. The summed E-state index contributed by atoms with van der Waals surface area (Å²) in [6, 6.07) is 15.8. The second-order valence-electron chi connectivity index (χ2n) is 4.86. The minimum absolute atomic E-state index is 0.0653. The molecule has 5 heteroatoms. The molecule has 0 aliphatic carbocycles. The van der Waals surface area contributed by atoms with Gasteiger partial charge in [-0.15, -0.1) is 0 Å². The van der Waals surface area contributed by atoms with Crippen LogP contribution in [-0.4, -0.2) is 25.5 Å². The van der Waals surface area contributed by atoms with Gasteiger partial charge in [-0.05, 0) is 31.2 Å². The smallest absolute Gasteiger partial charge is 0.354 e. The molecule has 0 saturated heterocycles.